The monoisotopic (exact) mass is 241 g/mol. The lowest BCUT2D eigenvalue weighted by Crippen LogP contribution is -2.28. The van der Waals surface area contributed by atoms with Crippen LogP contribution in [0.2, 0.25) is 5.15 Å². The average molecular weight is 242 g/mol. The summed E-state index contributed by atoms with van der Waals surface area (Å²) >= 11 is 5.87. The largest absolute Gasteiger partial charge is 0.330 e. The van der Waals surface area contributed by atoms with Gasteiger partial charge in [-0.25, -0.2) is 4.98 Å². The van der Waals surface area contributed by atoms with Gasteiger partial charge in [-0.2, -0.15) is 0 Å². The van der Waals surface area contributed by atoms with E-state index in [9.17, 15) is 4.79 Å². The molecule has 1 aromatic heterocycles. The number of anilines is 1. The molecule has 1 aromatic rings. The number of halogens is 1. The zero-order chi connectivity index (χ0) is 12.1. The molecule has 1 unspecified atom stereocenters. The molecule has 4 nitrogen and oxygen atoms in total. The van der Waals surface area contributed by atoms with E-state index in [2.05, 4.69) is 10.3 Å². The number of aryl methyl sites for hydroxylation is 1. The van der Waals surface area contributed by atoms with Gasteiger partial charge in [0.2, 0.25) is 5.91 Å². The highest BCUT2D eigenvalue weighted by molar-refractivity contribution is 6.32. The second-order valence-electron chi connectivity index (χ2n) is 3.68. The first-order chi connectivity index (χ1) is 7.58. The van der Waals surface area contributed by atoms with Crippen LogP contribution in [0, 0.1) is 12.8 Å². The van der Waals surface area contributed by atoms with E-state index < -0.39 is 0 Å². The second kappa shape index (κ2) is 5.82. The summed E-state index contributed by atoms with van der Waals surface area (Å²) in [6, 6.07) is 1.79. The van der Waals surface area contributed by atoms with Crippen LogP contribution in [0.4, 0.5) is 5.69 Å². The lowest BCUT2D eigenvalue weighted by molar-refractivity contribution is -0.119. The molecule has 0 aromatic carbocycles. The van der Waals surface area contributed by atoms with Gasteiger partial charge in [0.1, 0.15) is 0 Å². The Hall–Kier alpha value is -1.13. The Morgan fingerprint density at radius 1 is 1.69 bits per heavy atom. The number of carbonyl (C=O) groups excluding carboxylic acids is 1. The molecule has 1 amide bonds. The zero-order valence-electron chi connectivity index (χ0n) is 9.46. The van der Waals surface area contributed by atoms with Gasteiger partial charge in [0, 0.05) is 12.7 Å². The van der Waals surface area contributed by atoms with Crippen LogP contribution in [0.5, 0.6) is 0 Å². The van der Waals surface area contributed by atoms with Crippen molar-refractivity contribution < 1.29 is 4.79 Å². The minimum Gasteiger partial charge on any atom is -0.330 e. The third kappa shape index (κ3) is 3.18. The second-order valence-corrected chi connectivity index (χ2v) is 4.04. The van der Waals surface area contributed by atoms with E-state index in [0.29, 0.717) is 23.8 Å². The van der Waals surface area contributed by atoms with Crippen LogP contribution in [0.25, 0.3) is 0 Å². The van der Waals surface area contributed by atoms with Gasteiger partial charge in [-0.1, -0.05) is 18.5 Å². The smallest absolute Gasteiger partial charge is 0.228 e. The van der Waals surface area contributed by atoms with Gasteiger partial charge < -0.3 is 11.1 Å². The molecule has 5 heteroatoms. The fourth-order valence-electron chi connectivity index (χ4n) is 1.33. The van der Waals surface area contributed by atoms with Gasteiger partial charge >= 0.3 is 0 Å². The van der Waals surface area contributed by atoms with Gasteiger partial charge in [0.05, 0.1) is 11.6 Å². The Bertz CT molecular complexity index is 377. The number of nitrogens with two attached hydrogens (primary N) is 1. The van der Waals surface area contributed by atoms with Crippen molar-refractivity contribution in [2.24, 2.45) is 11.7 Å². The van der Waals surface area contributed by atoms with Gasteiger partial charge in [0.25, 0.3) is 0 Å². The summed E-state index contributed by atoms with van der Waals surface area (Å²) in [5.74, 6) is -0.295. The summed E-state index contributed by atoms with van der Waals surface area (Å²) in [7, 11) is 0. The van der Waals surface area contributed by atoms with E-state index in [0.717, 1.165) is 5.56 Å². The first-order valence-corrected chi connectivity index (χ1v) is 5.59. The van der Waals surface area contributed by atoms with Crippen molar-refractivity contribution in [1.82, 2.24) is 4.98 Å². The average Bonchev–Trinajstić information content (AvgIpc) is 2.25. The first kappa shape index (κ1) is 12.9. The molecule has 0 bridgehead atoms. The maximum Gasteiger partial charge on any atom is 0.228 e. The van der Waals surface area contributed by atoms with E-state index in [1.807, 2.05) is 13.8 Å². The fraction of sp³-hybridized carbons (Fsp3) is 0.455. The third-order valence-electron chi connectivity index (χ3n) is 2.38. The molecule has 0 aliphatic carbocycles. The summed E-state index contributed by atoms with van der Waals surface area (Å²) in [5, 5.41) is 3.04. The molecule has 3 N–H and O–H groups in total. The van der Waals surface area contributed by atoms with Gasteiger partial charge in [0.15, 0.2) is 5.15 Å². The molecule has 0 saturated carbocycles. The molecule has 16 heavy (non-hydrogen) atoms. The van der Waals surface area contributed by atoms with Crippen LogP contribution in [-0.2, 0) is 4.79 Å². The number of carbonyl (C=O) groups is 1. The lowest BCUT2D eigenvalue weighted by atomic mass is 10.1. The number of nitrogens with one attached hydrogen (secondary N) is 1. The number of hydrogen-bond donors (Lipinski definition) is 2. The molecule has 0 aliphatic rings. The Morgan fingerprint density at radius 2 is 2.38 bits per heavy atom. The Balaban J connectivity index is 2.80. The molecule has 0 fully saturated rings. The first-order valence-electron chi connectivity index (χ1n) is 5.21. The molecule has 1 rings (SSSR count). The molecular weight excluding hydrogens is 226 g/mol. The van der Waals surface area contributed by atoms with Crippen molar-refractivity contribution in [3.05, 3.63) is 23.0 Å². The van der Waals surface area contributed by atoms with Crippen molar-refractivity contribution >= 4 is 23.2 Å². The predicted octanol–water partition coefficient (Wildman–Crippen LogP) is 1.97. The molecule has 0 aliphatic heterocycles. The number of rotatable bonds is 4. The van der Waals surface area contributed by atoms with Crippen LogP contribution in [0.1, 0.15) is 18.9 Å². The quantitative estimate of drug-likeness (QED) is 0.792. The number of hydrogen-bond acceptors (Lipinski definition) is 3. The summed E-state index contributed by atoms with van der Waals surface area (Å²) < 4.78 is 0. The number of pyridine rings is 1. The van der Waals surface area contributed by atoms with E-state index in [1.54, 1.807) is 12.3 Å². The molecule has 88 valence electrons. The Kier molecular flexibility index (Phi) is 4.71. The molecule has 1 heterocycles. The fourth-order valence-corrected chi connectivity index (χ4v) is 1.48. The summed E-state index contributed by atoms with van der Waals surface area (Å²) in [4.78, 5) is 15.7. The van der Waals surface area contributed by atoms with Crippen LogP contribution in [0.3, 0.4) is 0 Å². The van der Waals surface area contributed by atoms with Gasteiger partial charge in [-0.3, -0.25) is 4.79 Å². The van der Waals surface area contributed by atoms with E-state index in [4.69, 9.17) is 17.3 Å². The Labute approximate surface area is 100 Å². The van der Waals surface area contributed by atoms with E-state index >= 15 is 0 Å². The standard InChI is InChI=1S/C11H16ClN3O/c1-3-8(5-13)11(16)15-9-4-7(2)6-14-10(9)12/h4,6,8H,3,5,13H2,1-2H3,(H,15,16). The van der Waals surface area contributed by atoms with Crippen molar-refractivity contribution in [3.63, 3.8) is 0 Å². The van der Waals surface area contributed by atoms with Gasteiger partial charge in [-0.05, 0) is 25.0 Å². The van der Waals surface area contributed by atoms with Crippen LogP contribution in [0.15, 0.2) is 12.3 Å². The molecule has 1 atom stereocenters. The summed E-state index contributed by atoms with van der Waals surface area (Å²) in [5.41, 5.74) is 6.98. The number of amides is 1. The van der Waals surface area contributed by atoms with Gasteiger partial charge in [-0.15, -0.1) is 0 Å². The molecule has 0 spiro atoms. The highest BCUT2D eigenvalue weighted by Gasteiger charge is 2.15. The van der Waals surface area contributed by atoms with E-state index in [-0.39, 0.29) is 11.8 Å². The van der Waals surface area contributed by atoms with Crippen LogP contribution in [-0.4, -0.2) is 17.4 Å². The van der Waals surface area contributed by atoms with E-state index in [1.165, 1.54) is 0 Å². The molecular formula is C11H16ClN3O. The minimum absolute atomic E-state index is 0.112. The molecule has 0 radical (unpaired) electrons. The number of aromatic nitrogens is 1. The lowest BCUT2D eigenvalue weighted by Gasteiger charge is -2.13. The van der Waals surface area contributed by atoms with Crippen molar-refractivity contribution in [2.75, 3.05) is 11.9 Å². The SMILES string of the molecule is CCC(CN)C(=O)Nc1cc(C)cnc1Cl. The third-order valence-corrected chi connectivity index (χ3v) is 2.68. The summed E-state index contributed by atoms with van der Waals surface area (Å²) in [6.07, 6.45) is 2.36. The Morgan fingerprint density at radius 3 is 2.94 bits per heavy atom. The normalized spacial score (nSPS) is 12.2. The zero-order valence-corrected chi connectivity index (χ0v) is 10.2. The van der Waals surface area contributed by atoms with Crippen LogP contribution < -0.4 is 11.1 Å². The van der Waals surface area contributed by atoms with Crippen molar-refractivity contribution in [3.8, 4) is 0 Å². The van der Waals surface area contributed by atoms with Crippen LogP contribution >= 0.6 is 11.6 Å². The minimum atomic E-state index is -0.184. The van der Waals surface area contributed by atoms with Crippen molar-refractivity contribution in [2.45, 2.75) is 20.3 Å². The van der Waals surface area contributed by atoms with Crippen molar-refractivity contribution in [1.29, 1.82) is 0 Å². The number of nitrogens with zero attached hydrogens (tertiary/aromatic N) is 1. The maximum absolute atomic E-state index is 11.8. The maximum atomic E-state index is 11.8. The highest BCUT2D eigenvalue weighted by atomic mass is 35.5. The predicted molar refractivity (Wildman–Crippen MR) is 65.4 cm³/mol. The summed E-state index contributed by atoms with van der Waals surface area (Å²) in [6.45, 7) is 4.14. The molecule has 0 saturated heterocycles. The topological polar surface area (TPSA) is 68.0 Å². The highest BCUT2D eigenvalue weighted by Crippen LogP contribution is 2.20.